The summed E-state index contributed by atoms with van der Waals surface area (Å²) in [6.45, 7) is 0. The lowest BCUT2D eigenvalue weighted by Crippen LogP contribution is -1.90. The van der Waals surface area contributed by atoms with Gasteiger partial charge in [0.25, 0.3) is 6.43 Å². The minimum Gasteiger partial charge on any atom is -0.205 e. The maximum Gasteiger partial charge on any atom is 0.265 e. The number of hydrogen-bond acceptors (Lipinski definition) is 1. The number of benzene rings is 1. The van der Waals surface area contributed by atoms with Crippen LogP contribution >= 0.6 is 11.6 Å². The first-order valence-corrected chi connectivity index (χ1v) is 3.51. The number of alkyl halides is 2. The molecular weight excluding hydrogens is 184 g/mol. The van der Waals surface area contributed by atoms with Crippen molar-refractivity contribution in [1.29, 1.82) is 5.26 Å². The molecule has 0 aliphatic carbocycles. The first-order valence-electron chi connectivity index (χ1n) is 3.13. The summed E-state index contributed by atoms with van der Waals surface area (Å²) < 4.78 is 24.4. The highest BCUT2D eigenvalue weighted by atomic mass is 35.5. The minimum atomic E-state index is -2.65. The molecule has 0 spiro atoms. The Kier molecular flexibility index (Phi) is 2.61. The van der Waals surface area contributed by atoms with Crippen molar-refractivity contribution in [3.05, 3.63) is 34.3 Å². The van der Waals surface area contributed by atoms with Crippen LogP contribution < -0.4 is 0 Å². The standard InChI is InChI=1S/C8H4ClF2N/c9-7-3-1-2-5(8(10)11)6(7)4-12/h1-3,8H. The van der Waals surface area contributed by atoms with Crippen molar-refractivity contribution in [3.63, 3.8) is 0 Å². The number of nitriles is 1. The summed E-state index contributed by atoms with van der Waals surface area (Å²) in [6.07, 6.45) is -2.65. The van der Waals surface area contributed by atoms with Gasteiger partial charge in [0.15, 0.2) is 0 Å². The molecule has 62 valence electrons. The molecule has 0 radical (unpaired) electrons. The van der Waals surface area contributed by atoms with Crippen LogP contribution in [0.25, 0.3) is 0 Å². The SMILES string of the molecule is N#Cc1c(Cl)cccc1C(F)F. The predicted molar refractivity (Wildman–Crippen MR) is 41.1 cm³/mol. The zero-order valence-corrected chi connectivity index (χ0v) is 6.65. The van der Waals surface area contributed by atoms with E-state index in [9.17, 15) is 8.78 Å². The third-order valence-electron chi connectivity index (χ3n) is 1.39. The average molecular weight is 188 g/mol. The van der Waals surface area contributed by atoms with Crippen molar-refractivity contribution in [3.8, 4) is 6.07 Å². The summed E-state index contributed by atoms with van der Waals surface area (Å²) in [5.41, 5.74) is -0.459. The highest BCUT2D eigenvalue weighted by molar-refractivity contribution is 6.31. The second-order valence-corrected chi connectivity index (χ2v) is 2.52. The van der Waals surface area contributed by atoms with Crippen LogP contribution in [0, 0.1) is 11.3 Å². The maximum absolute atomic E-state index is 12.2. The Morgan fingerprint density at radius 1 is 1.42 bits per heavy atom. The van der Waals surface area contributed by atoms with Gasteiger partial charge in [0.2, 0.25) is 0 Å². The molecule has 0 aromatic heterocycles. The predicted octanol–water partition coefficient (Wildman–Crippen LogP) is 3.15. The highest BCUT2D eigenvalue weighted by Crippen LogP contribution is 2.27. The minimum absolute atomic E-state index is 0.0651. The summed E-state index contributed by atoms with van der Waals surface area (Å²) >= 11 is 5.52. The van der Waals surface area contributed by atoms with Gasteiger partial charge in [-0.3, -0.25) is 0 Å². The van der Waals surface area contributed by atoms with E-state index >= 15 is 0 Å². The van der Waals surface area contributed by atoms with Gasteiger partial charge in [0.1, 0.15) is 6.07 Å². The van der Waals surface area contributed by atoms with E-state index in [0.29, 0.717) is 0 Å². The van der Waals surface area contributed by atoms with E-state index in [1.807, 2.05) is 0 Å². The van der Waals surface area contributed by atoms with E-state index in [0.717, 1.165) is 0 Å². The smallest absolute Gasteiger partial charge is 0.205 e. The molecule has 1 nitrogen and oxygen atoms in total. The van der Waals surface area contributed by atoms with E-state index in [1.54, 1.807) is 6.07 Å². The largest absolute Gasteiger partial charge is 0.265 e. The Labute approximate surface area is 73.2 Å². The van der Waals surface area contributed by atoms with Gasteiger partial charge in [-0.1, -0.05) is 23.7 Å². The fourth-order valence-corrected chi connectivity index (χ4v) is 1.06. The molecule has 1 rings (SSSR count). The lowest BCUT2D eigenvalue weighted by molar-refractivity contribution is 0.151. The van der Waals surface area contributed by atoms with Crippen LogP contribution in [0.2, 0.25) is 5.02 Å². The molecule has 0 unspecified atom stereocenters. The van der Waals surface area contributed by atoms with Crippen LogP contribution in [0.15, 0.2) is 18.2 Å². The first kappa shape index (κ1) is 8.95. The van der Waals surface area contributed by atoms with Crippen molar-refractivity contribution >= 4 is 11.6 Å². The first-order chi connectivity index (χ1) is 5.66. The molecular formula is C8H4ClF2N. The van der Waals surface area contributed by atoms with E-state index in [4.69, 9.17) is 16.9 Å². The quantitative estimate of drug-likeness (QED) is 0.663. The molecule has 0 aliphatic heterocycles. The molecule has 1 aromatic carbocycles. The third kappa shape index (κ3) is 1.54. The summed E-state index contributed by atoms with van der Waals surface area (Å²) in [7, 11) is 0. The summed E-state index contributed by atoms with van der Waals surface area (Å²) in [4.78, 5) is 0. The van der Waals surface area contributed by atoms with Crippen LogP contribution in [0.5, 0.6) is 0 Å². The lowest BCUT2D eigenvalue weighted by atomic mass is 10.1. The zero-order valence-electron chi connectivity index (χ0n) is 5.89. The van der Waals surface area contributed by atoms with Crippen LogP contribution in [0.3, 0.4) is 0 Å². The van der Waals surface area contributed by atoms with Crippen LogP contribution in [0.4, 0.5) is 8.78 Å². The van der Waals surface area contributed by atoms with E-state index in [-0.39, 0.29) is 16.1 Å². The van der Waals surface area contributed by atoms with Gasteiger partial charge in [-0.2, -0.15) is 5.26 Å². The Morgan fingerprint density at radius 3 is 2.50 bits per heavy atom. The third-order valence-corrected chi connectivity index (χ3v) is 1.71. The van der Waals surface area contributed by atoms with Gasteiger partial charge in [0, 0.05) is 5.56 Å². The average Bonchev–Trinajstić information content (AvgIpc) is 2.03. The Balaban J connectivity index is 3.30. The van der Waals surface area contributed by atoms with Crippen LogP contribution in [-0.2, 0) is 0 Å². The molecule has 1 aromatic rings. The molecule has 0 saturated carbocycles. The van der Waals surface area contributed by atoms with E-state index in [2.05, 4.69) is 0 Å². The van der Waals surface area contributed by atoms with Crippen molar-refractivity contribution in [2.45, 2.75) is 6.43 Å². The van der Waals surface area contributed by atoms with Gasteiger partial charge in [-0.15, -0.1) is 0 Å². The monoisotopic (exact) mass is 187 g/mol. The van der Waals surface area contributed by atoms with Gasteiger partial charge in [0.05, 0.1) is 10.6 Å². The van der Waals surface area contributed by atoms with Crippen LogP contribution in [0.1, 0.15) is 17.6 Å². The summed E-state index contributed by atoms with van der Waals surface area (Å²) in [5, 5.41) is 8.55. The molecule has 12 heavy (non-hydrogen) atoms. The number of rotatable bonds is 1. The summed E-state index contributed by atoms with van der Waals surface area (Å²) in [5.74, 6) is 0. The van der Waals surface area contributed by atoms with Gasteiger partial charge < -0.3 is 0 Å². The fraction of sp³-hybridized carbons (Fsp3) is 0.125. The Morgan fingerprint density at radius 2 is 2.08 bits per heavy atom. The van der Waals surface area contributed by atoms with Crippen LogP contribution in [-0.4, -0.2) is 0 Å². The van der Waals surface area contributed by atoms with Crippen molar-refractivity contribution in [1.82, 2.24) is 0 Å². The molecule has 0 amide bonds. The van der Waals surface area contributed by atoms with E-state index in [1.165, 1.54) is 18.2 Å². The fourth-order valence-electron chi connectivity index (χ4n) is 0.841. The summed E-state index contributed by atoms with van der Waals surface area (Å²) in [6, 6.07) is 5.63. The van der Waals surface area contributed by atoms with Crippen molar-refractivity contribution in [2.75, 3.05) is 0 Å². The lowest BCUT2D eigenvalue weighted by Gasteiger charge is -2.02. The molecule has 0 heterocycles. The second-order valence-electron chi connectivity index (χ2n) is 2.12. The molecule has 0 saturated heterocycles. The van der Waals surface area contributed by atoms with E-state index < -0.39 is 6.43 Å². The Hall–Kier alpha value is -1.14. The normalized spacial score (nSPS) is 9.92. The van der Waals surface area contributed by atoms with Crippen molar-refractivity contribution < 1.29 is 8.78 Å². The topological polar surface area (TPSA) is 23.8 Å². The second kappa shape index (κ2) is 3.51. The molecule has 0 aliphatic rings. The number of hydrogen-bond donors (Lipinski definition) is 0. The number of nitrogens with zero attached hydrogens (tertiary/aromatic N) is 1. The maximum atomic E-state index is 12.2. The molecule has 0 atom stereocenters. The Bertz CT molecular complexity index is 330. The van der Waals surface area contributed by atoms with Gasteiger partial charge in [-0.25, -0.2) is 8.78 Å². The molecule has 0 bridgehead atoms. The van der Waals surface area contributed by atoms with Gasteiger partial charge in [-0.05, 0) is 6.07 Å². The number of halogens is 3. The molecule has 0 N–H and O–H groups in total. The zero-order chi connectivity index (χ0) is 9.14. The van der Waals surface area contributed by atoms with Gasteiger partial charge >= 0.3 is 0 Å². The van der Waals surface area contributed by atoms with Crippen molar-refractivity contribution in [2.24, 2.45) is 0 Å². The highest BCUT2D eigenvalue weighted by Gasteiger charge is 2.14. The molecule has 4 heteroatoms. The molecule has 0 fully saturated rings.